The first kappa shape index (κ1) is 51.2. The van der Waals surface area contributed by atoms with E-state index in [9.17, 15) is 53.4 Å². The maximum Gasteiger partial charge on any atom is 0.318 e. The summed E-state index contributed by atoms with van der Waals surface area (Å²) in [6.07, 6.45) is 3.16. The number of primary amides is 1. The number of nitrogens with zero attached hydrogens (tertiary/aromatic N) is 3. The summed E-state index contributed by atoms with van der Waals surface area (Å²) < 4.78 is 5.26. The third-order valence-corrected chi connectivity index (χ3v) is 9.44. The molecule has 0 aromatic carbocycles. The van der Waals surface area contributed by atoms with Gasteiger partial charge in [0.1, 0.15) is 36.3 Å². The molecule has 342 valence electrons. The minimum absolute atomic E-state index is 0.0104. The maximum atomic E-state index is 13.5. The number of rotatable bonds is 26. The van der Waals surface area contributed by atoms with Crippen LogP contribution in [0.4, 0.5) is 4.79 Å². The molecule has 1 saturated heterocycles. The number of carbonyl (C=O) groups is 9. The lowest BCUT2D eigenvalue weighted by Crippen LogP contribution is -2.61. The molecule has 1 aromatic rings. The largest absolute Gasteiger partial charge is 0.394 e. The summed E-state index contributed by atoms with van der Waals surface area (Å²) in [5.74, 6) is -6.27. The fourth-order valence-corrected chi connectivity index (χ4v) is 5.65. The van der Waals surface area contributed by atoms with Gasteiger partial charge in [-0.15, -0.1) is 0 Å². The monoisotopic (exact) mass is 867 g/mol. The summed E-state index contributed by atoms with van der Waals surface area (Å²) in [7, 11) is 1.53. The van der Waals surface area contributed by atoms with E-state index in [1.807, 2.05) is 0 Å². The summed E-state index contributed by atoms with van der Waals surface area (Å²) in [5, 5.41) is 37.3. The van der Waals surface area contributed by atoms with Gasteiger partial charge in [-0.05, 0) is 39.2 Å². The second-order valence-corrected chi connectivity index (χ2v) is 14.2. The van der Waals surface area contributed by atoms with Crippen LogP contribution in [0.5, 0.6) is 0 Å². The van der Waals surface area contributed by atoms with Crippen molar-refractivity contribution >= 4 is 53.3 Å². The van der Waals surface area contributed by atoms with Gasteiger partial charge >= 0.3 is 6.03 Å². The molecule has 0 saturated carbocycles. The minimum atomic E-state index is -1.69. The van der Waals surface area contributed by atoms with E-state index in [4.69, 9.17) is 16.2 Å². The Balaban J connectivity index is 2.10. The highest BCUT2D eigenvalue weighted by atomic mass is 16.5. The van der Waals surface area contributed by atoms with Crippen LogP contribution in [0.2, 0.25) is 0 Å². The number of likely N-dealkylation sites (N-methyl/N-ethyl adjacent to an activating group) is 1. The van der Waals surface area contributed by atoms with Crippen LogP contribution in [-0.2, 0) is 49.5 Å². The number of hydrogen-bond donors (Lipinski definition) is 12. The molecule has 1 aliphatic heterocycles. The van der Waals surface area contributed by atoms with E-state index in [1.54, 1.807) is 0 Å². The number of H-pyrrole nitrogens is 1. The van der Waals surface area contributed by atoms with Gasteiger partial charge < -0.3 is 78.4 Å². The summed E-state index contributed by atoms with van der Waals surface area (Å²) in [6, 6.07) is -9.01. The number of amides is 10. The van der Waals surface area contributed by atoms with Crippen molar-refractivity contribution in [2.75, 3.05) is 66.2 Å². The van der Waals surface area contributed by atoms with E-state index in [0.717, 1.165) is 0 Å². The Morgan fingerprint density at radius 3 is 1.90 bits per heavy atom. The van der Waals surface area contributed by atoms with Gasteiger partial charge in [-0.3, -0.25) is 38.4 Å². The molecule has 14 N–H and O–H groups in total. The minimum Gasteiger partial charge on any atom is -0.394 e. The Hall–Kier alpha value is -5.92. The van der Waals surface area contributed by atoms with E-state index in [-0.39, 0.29) is 64.3 Å². The second-order valence-electron chi connectivity index (χ2n) is 14.2. The van der Waals surface area contributed by atoms with Crippen molar-refractivity contribution in [3.8, 4) is 0 Å². The van der Waals surface area contributed by atoms with Crippen LogP contribution in [0.25, 0.3) is 0 Å². The first-order valence-electron chi connectivity index (χ1n) is 19.8. The fourth-order valence-electron chi connectivity index (χ4n) is 5.65. The molecule has 25 nitrogen and oxygen atoms in total. The van der Waals surface area contributed by atoms with Gasteiger partial charge in [0.05, 0.1) is 38.4 Å². The number of aromatic nitrogens is 2. The molecule has 1 aromatic heterocycles. The third-order valence-electron chi connectivity index (χ3n) is 9.44. The van der Waals surface area contributed by atoms with Crippen molar-refractivity contribution in [2.24, 2.45) is 11.5 Å². The number of aromatic amines is 1. The molecular formula is C36H61N13O12. The molecule has 1 fully saturated rings. The Morgan fingerprint density at radius 2 is 1.36 bits per heavy atom. The summed E-state index contributed by atoms with van der Waals surface area (Å²) in [6.45, 7) is 2.37. The highest BCUT2D eigenvalue weighted by Crippen LogP contribution is 2.06. The topological polar surface area (TPSA) is 375 Å². The standard InChI is InChI=1S/C36H61N13O12/c1-21(30(54)43-25(7-8-29(38)53)31(55)40-10-11-48(3)22(2)52)42-32(56)24(6-4-5-9-37)44-34(58)27(18-50)46-35(59)28(19-51)45-33(57)26(16-23-17-39-20-41-23)47-36(60)49-12-14-61-15-13-49/h17,20-21,24-28,50-51H,4-16,18-19,37H2,1-3H3,(H2,38,53)(H,39,41)(H,40,55)(H,42,56)(H,43,54)(H,44,58)(H,45,57)(H,46,59)(H,47,60)/t21-,24-,25?,26-,27-,28-/m0/s1. The molecule has 0 radical (unpaired) electrons. The number of aliphatic hydroxyl groups is 2. The number of ether oxygens (including phenoxy) is 1. The summed E-state index contributed by atoms with van der Waals surface area (Å²) in [5.41, 5.74) is 11.3. The van der Waals surface area contributed by atoms with E-state index in [0.29, 0.717) is 31.7 Å². The smallest absolute Gasteiger partial charge is 0.318 e. The Kier molecular flexibility index (Phi) is 22.7. The molecule has 25 heteroatoms. The lowest BCUT2D eigenvalue weighted by atomic mass is 10.1. The van der Waals surface area contributed by atoms with Gasteiger partial charge in [-0.2, -0.15) is 0 Å². The zero-order chi connectivity index (χ0) is 45.5. The SMILES string of the molecule is CC(=O)N(C)CCNC(=O)C(CCC(N)=O)NC(=O)[C@H](C)NC(=O)[C@H](CCCCN)NC(=O)[C@H](CO)NC(=O)[C@H](CO)NC(=O)[C@H](Cc1c[nH]cn1)NC(=O)N1CCOCC1. The first-order chi connectivity index (χ1) is 29.0. The maximum absolute atomic E-state index is 13.5. The third kappa shape index (κ3) is 18.5. The molecule has 2 rings (SSSR count). The molecule has 1 unspecified atom stereocenters. The molecule has 10 amide bonds. The number of hydrogen-bond acceptors (Lipinski definition) is 14. The van der Waals surface area contributed by atoms with Crippen LogP contribution in [0.1, 0.15) is 51.6 Å². The van der Waals surface area contributed by atoms with Crippen LogP contribution in [-0.4, -0.2) is 186 Å². The number of urea groups is 1. The Morgan fingerprint density at radius 1 is 0.803 bits per heavy atom. The predicted octanol–water partition coefficient (Wildman–Crippen LogP) is -6.22. The van der Waals surface area contributed by atoms with Crippen molar-refractivity contribution in [2.45, 2.75) is 88.6 Å². The van der Waals surface area contributed by atoms with Gasteiger partial charge in [0, 0.05) is 59.2 Å². The molecule has 2 heterocycles. The van der Waals surface area contributed by atoms with Crippen molar-refractivity contribution < 1.29 is 58.1 Å². The van der Waals surface area contributed by atoms with Crippen molar-refractivity contribution in [1.29, 1.82) is 0 Å². The number of aliphatic hydroxyl groups excluding tert-OH is 2. The first-order valence-corrected chi connectivity index (χ1v) is 19.8. The van der Waals surface area contributed by atoms with Crippen LogP contribution in [0.15, 0.2) is 12.5 Å². The number of morpholine rings is 1. The highest BCUT2D eigenvalue weighted by molar-refractivity contribution is 5.97. The van der Waals surface area contributed by atoms with E-state index < -0.39 is 96.8 Å². The second kappa shape index (κ2) is 27.0. The molecule has 61 heavy (non-hydrogen) atoms. The normalized spacial score (nSPS) is 15.3. The predicted molar refractivity (Wildman–Crippen MR) is 214 cm³/mol. The van der Waals surface area contributed by atoms with E-state index in [1.165, 1.54) is 43.2 Å². The average Bonchev–Trinajstić information content (AvgIpc) is 3.75. The highest BCUT2D eigenvalue weighted by Gasteiger charge is 2.33. The summed E-state index contributed by atoms with van der Waals surface area (Å²) >= 11 is 0. The van der Waals surface area contributed by atoms with Gasteiger partial charge in [0.25, 0.3) is 0 Å². The van der Waals surface area contributed by atoms with Crippen LogP contribution < -0.4 is 48.7 Å². The lowest BCUT2D eigenvalue weighted by Gasteiger charge is -2.29. The van der Waals surface area contributed by atoms with Crippen LogP contribution in [0.3, 0.4) is 0 Å². The van der Waals surface area contributed by atoms with Crippen molar-refractivity contribution in [1.82, 2.24) is 57.0 Å². The zero-order valence-electron chi connectivity index (χ0n) is 34.7. The van der Waals surface area contributed by atoms with Gasteiger partial charge in [-0.25, -0.2) is 9.78 Å². The number of nitrogens with one attached hydrogen (secondary N) is 8. The van der Waals surface area contributed by atoms with Gasteiger partial charge in [0.15, 0.2) is 0 Å². The molecular weight excluding hydrogens is 806 g/mol. The average molecular weight is 868 g/mol. The Bertz CT molecular complexity index is 1630. The molecule has 1 aliphatic rings. The van der Waals surface area contributed by atoms with Gasteiger partial charge in [0.2, 0.25) is 47.3 Å². The Labute approximate surface area is 352 Å². The van der Waals surface area contributed by atoms with Gasteiger partial charge in [-0.1, -0.05) is 0 Å². The van der Waals surface area contributed by atoms with E-state index >= 15 is 0 Å². The molecule has 0 spiro atoms. The number of nitrogens with two attached hydrogens (primary N) is 2. The molecule has 0 bridgehead atoms. The molecule has 0 aliphatic carbocycles. The number of unbranched alkanes of at least 4 members (excludes halogenated alkanes) is 1. The fraction of sp³-hybridized carbons (Fsp3) is 0.667. The van der Waals surface area contributed by atoms with Crippen molar-refractivity contribution in [3.63, 3.8) is 0 Å². The van der Waals surface area contributed by atoms with Crippen LogP contribution >= 0.6 is 0 Å². The lowest BCUT2D eigenvalue weighted by molar-refractivity contribution is -0.136. The number of imidazole rings is 1. The molecule has 6 atom stereocenters. The van der Waals surface area contributed by atoms with E-state index in [2.05, 4.69) is 47.2 Å². The zero-order valence-corrected chi connectivity index (χ0v) is 34.7. The quantitative estimate of drug-likeness (QED) is 0.0386. The van der Waals surface area contributed by atoms with Crippen LogP contribution in [0, 0.1) is 0 Å². The summed E-state index contributed by atoms with van der Waals surface area (Å²) in [4.78, 5) is 125. The number of carbonyl (C=O) groups excluding carboxylic acids is 9. The van der Waals surface area contributed by atoms with Crippen molar-refractivity contribution in [3.05, 3.63) is 18.2 Å².